The van der Waals surface area contributed by atoms with Crippen LogP contribution in [-0.4, -0.2) is 10.3 Å². The van der Waals surface area contributed by atoms with Gasteiger partial charge in [0, 0.05) is 0 Å². The van der Waals surface area contributed by atoms with Gasteiger partial charge in [0.1, 0.15) is 6.10 Å². The van der Waals surface area contributed by atoms with Gasteiger partial charge in [-0.3, -0.25) is 4.18 Å². The molecule has 1 rings (SSSR count). The van der Waals surface area contributed by atoms with Crippen LogP contribution >= 0.6 is 0 Å². The summed E-state index contributed by atoms with van der Waals surface area (Å²) in [7, 11) is 0. The van der Waals surface area contributed by atoms with Crippen molar-refractivity contribution >= 4 is 11.1 Å². The standard InChI is InChI=1S/C11H12O2S/c1-4-10(3)13-14(12)11-7-5-9(2)6-8-11/h1,5-8,10H,2-3H3. The van der Waals surface area contributed by atoms with Crippen LogP contribution in [0.15, 0.2) is 29.2 Å². The van der Waals surface area contributed by atoms with E-state index in [1.807, 2.05) is 19.1 Å². The zero-order chi connectivity index (χ0) is 10.6. The molecule has 0 N–H and O–H groups in total. The topological polar surface area (TPSA) is 26.3 Å². The van der Waals surface area contributed by atoms with E-state index in [0.717, 1.165) is 5.56 Å². The Bertz CT molecular complexity index is 362. The lowest BCUT2D eigenvalue weighted by molar-refractivity contribution is 0.308. The van der Waals surface area contributed by atoms with Crippen LogP contribution in [-0.2, 0) is 15.3 Å². The minimum atomic E-state index is -1.46. The molecule has 14 heavy (non-hydrogen) atoms. The van der Waals surface area contributed by atoms with Crippen molar-refractivity contribution in [1.82, 2.24) is 0 Å². The van der Waals surface area contributed by atoms with Crippen molar-refractivity contribution in [2.24, 2.45) is 0 Å². The Morgan fingerprint density at radius 1 is 1.43 bits per heavy atom. The molecule has 1 aromatic carbocycles. The molecule has 1 aromatic rings. The fourth-order valence-corrected chi connectivity index (χ4v) is 1.65. The lowest BCUT2D eigenvalue weighted by Crippen LogP contribution is -2.07. The third-order valence-electron chi connectivity index (χ3n) is 1.68. The first-order valence-corrected chi connectivity index (χ1v) is 5.32. The van der Waals surface area contributed by atoms with Gasteiger partial charge in [0.15, 0.2) is 11.1 Å². The van der Waals surface area contributed by atoms with E-state index in [1.165, 1.54) is 0 Å². The molecule has 3 heteroatoms. The van der Waals surface area contributed by atoms with E-state index in [1.54, 1.807) is 19.1 Å². The Balaban J connectivity index is 2.71. The van der Waals surface area contributed by atoms with Gasteiger partial charge in [-0.1, -0.05) is 23.6 Å². The Kier molecular flexibility index (Phi) is 3.87. The molecule has 0 radical (unpaired) electrons. The Hall–Kier alpha value is -1.11. The summed E-state index contributed by atoms with van der Waals surface area (Å²) in [6.45, 7) is 3.66. The van der Waals surface area contributed by atoms with Crippen molar-refractivity contribution in [3.8, 4) is 12.3 Å². The molecule has 0 saturated carbocycles. The number of terminal acetylenes is 1. The van der Waals surface area contributed by atoms with Crippen molar-refractivity contribution in [2.75, 3.05) is 0 Å². The maximum atomic E-state index is 11.5. The molecule has 0 heterocycles. The van der Waals surface area contributed by atoms with Gasteiger partial charge in [-0.25, -0.2) is 4.21 Å². The number of hydrogen-bond donors (Lipinski definition) is 0. The van der Waals surface area contributed by atoms with Crippen molar-refractivity contribution in [3.05, 3.63) is 29.8 Å². The lowest BCUT2D eigenvalue weighted by Gasteiger charge is -2.05. The monoisotopic (exact) mass is 208 g/mol. The molecule has 0 fully saturated rings. The van der Waals surface area contributed by atoms with Crippen LogP contribution < -0.4 is 0 Å². The predicted molar refractivity (Wildman–Crippen MR) is 57.0 cm³/mol. The van der Waals surface area contributed by atoms with Gasteiger partial charge >= 0.3 is 0 Å². The number of hydrogen-bond acceptors (Lipinski definition) is 2. The van der Waals surface area contributed by atoms with E-state index in [4.69, 9.17) is 10.6 Å². The van der Waals surface area contributed by atoms with Gasteiger partial charge in [-0.05, 0) is 26.0 Å². The Morgan fingerprint density at radius 3 is 2.50 bits per heavy atom. The van der Waals surface area contributed by atoms with Crippen LogP contribution in [0.25, 0.3) is 0 Å². The Labute approximate surface area is 87.0 Å². The summed E-state index contributed by atoms with van der Waals surface area (Å²) in [5.74, 6) is 2.36. The summed E-state index contributed by atoms with van der Waals surface area (Å²) in [5, 5.41) is 0. The van der Waals surface area contributed by atoms with Gasteiger partial charge in [-0.15, -0.1) is 6.42 Å². The first-order chi connectivity index (χ1) is 6.63. The zero-order valence-corrected chi connectivity index (χ0v) is 9.01. The second-order valence-electron chi connectivity index (χ2n) is 2.95. The van der Waals surface area contributed by atoms with Crippen molar-refractivity contribution in [3.63, 3.8) is 0 Å². The molecule has 0 aliphatic heterocycles. The van der Waals surface area contributed by atoms with Crippen LogP contribution in [0.5, 0.6) is 0 Å². The Morgan fingerprint density at radius 2 is 2.00 bits per heavy atom. The molecule has 0 bridgehead atoms. The van der Waals surface area contributed by atoms with Gasteiger partial charge in [-0.2, -0.15) is 0 Å². The summed E-state index contributed by atoms with van der Waals surface area (Å²) < 4.78 is 16.6. The van der Waals surface area contributed by atoms with E-state index in [9.17, 15) is 4.21 Å². The lowest BCUT2D eigenvalue weighted by atomic mass is 10.2. The molecule has 0 aliphatic carbocycles. The maximum absolute atomic E-state index is 11.5. The van der Waals surface area contributed by atoms with Crippen molar-refractivity contribution in [1.29, 1.82) is 0 Å². The first kappa shape index (κ1) is 11.0. The molecular formula is C11H12O2S. The van der Waals surface area contributed by atoms with E-state index < -0.39 is 17.2 Å². The predicted octanol–water partition coefficient (Wildman–Crippen LogP) is 2.06. The minimum absolute atomic E-state index is 0.433. The molecule has 2 unspecified atom stereocenters. The summed E-state index contributed by atoms with van der Waals surface area (Å²) in [4.78, 5) is 0.637. The first-order valence-electron chi connectivity index (χ1n) is 4.25. The molecule has 0 saturated heterocycles. The third-order valence-corrected chi connectivity index (χ3v) is 2.80. The summed E-state index contributed by atoms with van der Waals surface area (Å²) in [6.07, 6.45) is 4.68. The van der Waals surface area contributed by atoms with E-state index in [0.29, 0.717) is 4.90 Å². The van der Waals surface area contributed by atoms with Crippen LogP contribution in [0.4, 0.5) is 0 Å². The molecule has 0 aliphatic rings. The molecular weight excluding hydrogens is 196 g/mol. The fourth-order valence-electron chi connectivity index (χ4n) is 0.864. The normalized spacial score (nSPS) is 14.4. The number of benzene rings is 1. The summed E-state index contributed by atoms with van der Waals surface area (Å²) in [6, 6.07) is 7.32. The van der Waals surface area contributed by atoms with Crippen LogP contribution in [0.2, 0.25) is 0 Å². The average Bonchev–Trinajstić information content (AvgIpc) is 2.18. The van der Waals surface area contributed by atoms with E-state index >= 15 is 0 Å². The molecule has 0 spiro atoms. The molecule has 74 valence electrons. The molecule has 2 atom stereocenters. The smallest absolute Gasteiger partial charge is 0.190 e. The third kappa shape index (κ3) is 2.99. The maximum Gasteiger partial charge on any atom is 0.190 e. The van der Waals surface area contributed by atoms with Crippen LogP contribution in [0.1, 0.15) is 12.5 Å². The summed E-state index contributed by atoms with van der Waals surface area (Å²) >= 11 is -1.46. The van der Waals surface area contributed by atoms with Gasteiger partial charge < -0.3 is 0 Å². The minimum Gasteiger partial charge on any atom is -0.271 e. The molecule has 0 aromatic heterocycles. The second kappa shape index (κ2) is 4.94. The SMILES string of the molecule is C#CC(C)OS(=O)c1ccc(C)cc1. The fraction of sp³-hybridized carbons (Fsp3) is 0.273. The quantitative estimate of drug-likeness (QED) is 0.711. The van der Waals surface area contributed by atoms with Gasteiger partial charge in [0.05, 0.1) is 4.90 Å². The number of rotatable bonds is 3. The van der Waals surface area contributed by atoms with Crippen molar-refractivity contribution in [2.45, 2.75) is 24.8 Å². The summed E-state index contributed by atoms with van der Waals surface area (Å²) in [5.41, 5.74) is 1.12. The number of aryl methyl sites for hydroxylation is 1. The van der Waals surface area contributed by atoms with Crippen molar-refractivity contribution < 1.29 is 8.39 Å². The van der Waals surface area contributed by atoms with Crippen LogP contribution in [0, 0.1) is 19.3 Å². The molecule has 0 amide bonds. The highest BCUT2D eigenvalue weighted by Crippen LogP contribution is 2.10. The van der Waals surface area contributed by atoms with Gasteiger partial charge in [0.25, 0.3) is 0 Å². The van der Waals surface area contributed by atoms with Crippen LogP contribution in [0.3, 0.4) is 0 Å². The highest BCUT2D eigenvalue weighted by Gasteiger charge is 2.07. The van der Waals surface area contributed by atoms with Gasteiger partial charge in [0.2, 0.25) is 0 Å². The van der Waals surface area contributed by atoms with E-state index in [2.05, 4.69) is 5.92 Å². The van der Waals surface area contributed by atoms with E-state index in [-0.39, 0.29) is 0 Å². The zero-order valence-electron chi connectivity index (χ0n) is 8.19. The highest BCUT2D eigenvalue weighted by atomic mass is 32.2. The molecule has 2 nitrogen and oxygen atoms in total. The highest BCUT2D eigenvalue weighted by molar-refractivity contribution is 7.80. The second-order valence-corrected chi connectivity index (χ2v) is 4.09. The largest absolute Gasteiger partial charge is 0.271 e. The average molecular weight is 208 g/mol.